The van der Waals surface area contributed by atoms with Crippen molar-refractivity contribution in [3.63, 3.8) is 0 Å². The van der Waals surface area contributed by atoms with Crippen molar-refractivity contribution in [3.05, 3.63) is 47.5 Å². The van der Waals surface area contributed by atoms with Crippen molar-refractivity contribution in [2.24, 2.45) is 0 Å². The topological polar surface area (TPSA) is 47.0 Å². The van der Waals surface area contributed by atoms with Crippen LogP contribution in [0.15, 0.2) is 42.5 Å². The monoisotopic (exact) mass is 369 g/mol. The molecule has 0 unspecified atom stereocenters. The number of thiophene rings is 1. The number of halogens is 1. The molecule has 1 N–H and O–H groups in total. The summed E-state index contributed by atoms with van der Waals surface area (Å²) >= 11 is 7.97. The van der Waals surface area contributed by atoms with E-state index < -0.39 is 0 Å². The molecule has 4 aromatic rings. The number of hydrogen-bond donors (Lipinski definition) is 1. The van der Waals surface area contributed by atoms with Gasteiger partial charge in [0, 0.05) is 17.3 Å². The number of hydrogen-bond acceptors (Lipinski definition) is 5. The van der Waals surface area contributed by atoms with Gasteiger partial charge in [0.2, 0.25) is 0 Å². The van der Waals surface area contributed by atoms with Crippen molar-refractivity contribution in [1.29, 1.82) is 0 Å². The van der Waals surface area contributed by atoms with Gasteiger partial charge in [0.05, 0.1) is 28.0 Å². The summed E-state index contributed by atoms with van der Waals surface area (Å²) in [4.78, 5) is 10.7. The lowest BCUT2D eigenvalue weighted by molar-refractivity contribution is 0.415. The second-order valence-electron chi connectivity index (χ2n) is 5.58. The summed E-state index contributed by atoms with van der Waals surface area (Å²) in [6.07, 6.45) is 0. The van der Waals surface area contributed by atoms with Gasteiger partial charge >= 0.3 is 0 Å². The van der Waals surface area contributed by atoms with E-state index >= 15 is 0 Å². The zero-order chi connectivity index (χ0) is 17.4. The van der Waals surface area contributed by atoms with E-state index in [4.69, 9.17) is 26.3 Å². The molecular weight excluding hydrogens is 354 g/mol. The summed E-state index contributed by atoms with van der Waals surface area (Å²) in [5.74, 6) is 1.37. The molecule has 0 aliphatic heterocycles. The van der Waals surface area contributed by atoms with Crippen LogP contribution >= 0.6 is 22.9 Å². The van der Waals surface area contributed by atoms with E-state index in [2.05, 4.69) is 23.5 Å². The van der Waals surface area contributed by atoms with Crippen LogP contribution in [-0.2, 0) is 0 Å². The maximum Gasteiger partial charge on any atom is 0.154 e. The summed E-state index contributed by atoms with van der Waals surface area (Å²) in [5, 5.41) is 5.06. The summed E-state index contributed by atoms with van der Waals surface area (Å²) in [5.41, 5.74) is 2.35. The number of anilines is 1. The van der Waals surface area contributed by atoms with E-state index in [1.54, 1.807) is 24.5 Å². The molecule has 4 nitrogen and oxygen atoms in total. The highest BCUT2D eigenvalue weighted by Gasteiger charge is 2.15. The number of nitrogens with zero attached hydrogens (tertiary/aromatic N) is 2. The van der Waals surface area contributed by atoms with Crippen LogP contribution < -0.4 is 10.1 Å². The molecule has 126 valence electrons. The van der Waals surface area contributed by atoms with Crippen LogP contribution in [0.25, 0.3) is 31.7 Å². The minimum absolute atomic E-state index is 0.530. The number of nitrogens with one attached hydrogen (secondary N) is 1. The van der Waals surface area contributed by atoms with Crippen molar-refractivity contribution in [2.75, 3.05) is 19.0 Å². The fourth-order valence-corrected chi connectivity index (χ4v) is 4.06. The van der Waals surface area contributed by atoms with Crippen LogP contribution in [-0.4, -0.2) is 23.6 Å². The van der Waals surface area contributed by atoms with Crippen LogP contribution in [0.4, 0.5) is 5.82 Å². The quantitative estimate of drug-likeness (QED) is 0.508. The molecule has 0 atom stereocenters. The lowest BCUT2D eigenvalue weighted by Crippen LogP contribution is -2.03. The third-order valence-electron chi connectivity index (χ3n) is 3.94. The molecule has 0 fully saturated rings. The molecule has 2 heterocycles. The Balaban J connectivity index is 1.95. The molecule has 0 amide bonds. The minimum Gasteiger partial charge on any atom is -0.495 e. The molecule has 2 aromatic heterocycles. The second-order valence-corrected chi connectivity index (χ2v) is 7.07. The van der Waals surface area contributed by atoms with Crippen molar-refractivity contribution in [1.82, 2.24) is 9.97 Å². The van der Waals surface area contributed by atoms with E-state index in [1.807, 2.05) is 25.1 Å². The largest absolute Gasteiger partial charge is 0.495 e. The van der Waals surface area contributed by atoms with Crippen LogP contribution in [0.2, 0.25) is 5.02 Å². The molecule has 0 spiro atoms. The number of benzene rings is 2. The predicted molar refractivity (Wildman–Crippen MR) is 106 cm³/mol. The SMILES string of the molecule is CCNc1nc2cc(OC)c(Cl)cc2nc1-c1cc2ccccc2s1. The van der Waals surface area contributed by atoms with Gasteiger partial charge in [0.25, 0.3) is 0 Å². The summed E-state index contributed by atoms with van der Waals surface area (Å²) in [6, 6.07) is 14.1. The first-order valence-corrected chi connectivity index (χ1v) is 9.17. The smallest absolute Gasteiger partial charge is 0.154 e. The molecular formula is C19H16ClN3OS. The number of fused-ring (bicyclic) bond motifs is 2. The van der Waals surface area contributed by atoms with Gasteiger partial charge in [-0.1, -0.05) is 29.8 Å². The van der Waals surface area contributed by atoms with Crippen molar-refractivity contribution in [3.8, 4) is 16.3 Å². The third kappa shape index (κ3) is 2.90. The first-order valence-electron chi connectivity index (χ1n) is 7.97. The van der Waals surface area contributed by atoms with Gasteiger partial charge in [-0.15, -0.1) is 11.3 Å². The first-order chi connectivity index (χ1) is 12.2. The lowest BCUT2D eigenvalue weighted by atomic mass is 10.2. The Bertz CT molecular complexity index is 1040. The fraction of sp³-hybridized carbons (Fsp3) is 0.158. The van der Waals surface area contributed by atoms with Crippen molar-refractivity contribution >= 4 is 49.9 Å². The Labute approximate surface area is 154 Å². The summed E-state index contributed by atoms with van der Waals surface area (Å²) in [6.45, 7) is 2.81. The average molecular weight is 370 g/mol. The minimum atomic E-state index is 0.530. The molecule has 0 aliphatic carbocycles. The maximum absolute atomic E-state index is 6.26. The van der Waals surface area contributed by atoms with Crippen LogP contribution in [0, 0.1) is 0 Å². The fourth-order valence-electron chi connectivity index (χ4n) is 2.78. The van der Waals surface area contributed by atoms with E-state index in [0.29, 0.717) is 10.8 Å². The van der Waals surface area contributed by atoms with Gasteiger partial charge in [0.1, 0.15) is 11.4 Å². The zero-order valence-electron chi connectivity index (χ0n) is 13.8. The normalized spacial score (nSPS) is 11.2. The van der Waals surface area contributed by atoms with Crippen molar-refractivity contribution in [2.45, 2.75) is 6.92 Å². The van der Waals surface area contributed by atoms with Crippen LogP contribution in [0.3, 0.4) is 0 Å². The molecule has 0 saturated heterocycles. The molecule has 0 radical (unpaired) electrons. The molecule has 0 aliphatic rings. The lowest BCUT2D eigenvalue weighted by Gasteiger charge is -2.11. The molecule has 6 heteroatoms. The van der Waals surface area contributed by atoms with Gasteiger partial charge in [-0.25, -0.2) is 9.97 Å². The zero-order valence-corrected chi connectivity index (χ0v) is 15.4. The Kier molecular flexibility index (Phi) is 4.19. The Morgan fingerprint density at radius 2 is 1.92 bits per heavy atom. The summed E-state index contributed by atoms with van der Waals surface area (Å²) in [7, 11) is 1.59. The highest BCUT2D eigenvalue weighted by atomic mass is 35.5. The Morgan fingerprint density at radius 3 is 2.68 bits per heavy atom. The van der Waals surface area contributed by atoms with Gasteiger partial charge in [-0.2, -0.15) is 0 Å². The Hall–Kier alpha value is -2.37. The second kappa shape index (κ2) is 6.50. The molecule has 0 bridgehead atoms. The highest BCUT2D eigenvalue weighted by molar-refractivity contribution is 7.22. The molecule has 4 rings (SSSR count). The van der Waals surface area contributed by atoms with E-state index in [0.717, 1.165) is 34.0 Å². The van der Waals surface area contributed by atoms with Gasteiger partial charge in [0.15, 0.2) is 5.82 Å². The van der Waals surface area contributed by atoms with E-state index in [1.165, 1.54) is 10.1 Å². The van der Waals surface area contributed by atoms with Crippen molar-refractivity contribution < 1.29 is 4.74 Å². The highest BCUT2D eigenvalue weighted by Crippen LogP contribution is 2.37. The first kappa shape index (κ1) is 16.1. The standard InChI is InChI=1S/C19H16ClN3OS/c1-3-21-19-18(17-8-11-6-4-5-7-16(11)25-17)22-13-9-12(20)15(24-2)10-14(13)23-19/h4-10H,3H2,1-2H3,(H,21,23). The molecule has 25 heavy (non-hydrogen) atoms. The van der Waals surface area contributed by atoms with Gasteiger partial charge in [-0.3, -0.25) is 0 Å². The third-order valence-corrected chi connectivity index (χ3v) is 5.36. The van der Waals surface area contributed by atoms with E-state index in [-0.39, 0.29) is 0 Å². The van der Waals surface area contributed by atoms with Crippen LogP contribution in [0.5, 0.6) is 5.75 Å². The number of aromatic nitrogens is 2. The van der Waals surface area contributed by atoms with Gasteiger partial charge in [-0.05, 0) is 30.5 Å². The average Bonchev–Trinajstić information content (AvgIpc) is 3.05. The van der Waals surface area contributed by atoms with Gasteiger partial charge < -0.3 is 10.1 Å². The Morgan fingerprint density at radius 1 is 1.12 bits per heavy atom. The molecule has 2 aromatic carbocycles. The number of rotatable bonds is 4. The summed E-state index contributed by atoms with van der Waals surface area (Å²) < 4.78 is 6.52. The number of ether oxygens (including phenoxy) is 1. The number of methoxy groups -OCH3 is 1. The van der Waals surface area contributed by atoms with Crippen LogP contribution in [0.1, 0.15) is 6.92 Å². The predicted octanol–water partition coefficient (Wildman–Crippen LogP) is 5.61. The molecule has 0 saturated carbocycles. The van der Waals surface area contributed by atoms with E-state index in [9.17, 15) is 0 Å². The maximum atomic E-state index is 6.26.